The minimum Gasteiger partial charge on any atom is -0.420 e. The maximum atomic E-state index is 6.43. The molecule has 0 amide bonds. The average molecular weight is 458 g/mol. The van der Waals surface area contributed by atoms with Gasteiger partial charge in [-0.1, -0.05) is 24.3 Å². The standard InChI is InChI=1S/C26H18N8O/c1-16-20-21(17-7-5-11-27-13-17)22-24-30-23(18-8-6-12-28-14-18)32-33(24)15-29-25(22)35-26(20)34(31-16)19-9-3-2-4-10-19/h2-15,21H,1H3/t21-/m0/s1. The molecule has 5 aromatic heterocycles. The zero-order valence-corrected chi connectivity index (χ0v) is 18.6. The summed E-state index contributed by atoms with van der Waals surface area (Å²) in [5.74, 6) is 1.45. The molecule has 7 rings (SSSR count). The molecule has 0 fully saturated rings. The number of pyridine rings is 2. The highest BCUT2D eigenvalue weighted by molar-refractivity contribution is 5.68. The van der Waals surface area contributed by atoms with Crippen LogP contribution in [0.5, 0.6) is 11.8 Å². The summed E-state index contributed by atoms with van der Waals surface area (Å²) in [6.07, 6.45) is 8.73. The zero-order chi connectivity index (χ0) is 23.4. The third-order valence-corrected chi connectivity index (χ3v) is 6.16. The van der Waals surface area contributed by atoms with E-state index < -0.39 is 0 Å². The fraction of sp³-hybridized carbons (Fsp3) is 0.0769. The Bertz CT molecular complexity index is 1680. The third kappa shape index (κ3) is 3.02. The number of para-hydroxylation sites is 1. The summed E-state index contributed by atoms with van der Waals surface area (Å²) in [7, 11) is 0. The lowest BCUT2D eigenvalue weighted by Gasteiger charge is -2.26. The van der Waals surface area contributed by atoms with Crippen LogP contribution in [0.25, 0.3) is 22.7 Å². The van der Waals surface area contributed by atoms with E-state index >= 15 is 0 Å². The number of aryl methyl sites for hydroxylation is 1. The largest absolute Gasteiger partial charge is 0.420 e. The summed E-state index contributed by atoms with van der Waals surface area (Å²) in [5.41, 5.74) is 6.04. The molecule has 35 heavy (non-hydrogen) atoms. The Balaban J connectivity index is 1.50. The van der Waals surface area contributed by atoms with E-state index in [1.165, 1.54) is 0 Å². The van der Waals surface area contributed by atoms with Crippen LogP contribution in [0.1, 0.15) is 28.3 Å². The summed E-state index contributed by atoms with van der Waals surface area (Å²) in [4.78, 5) is 18.1. The van der Waals surface area contributed by atoms with Crippen molar-refractivity contribution in [2.75, 3.05) is 0 Å². The molecule has 1 aliphatic heterocycles. The van der Waals surface area contributed by atoms with Crippen LogP contribution in [0.15, 0.2) is 85.7 Å². The van der Waals surface area contributed by atoms with Gasteiger partial charge in [-0.05, 0) is 42.8 Å². The summed E-state index contributed by atoms with van der Waals surface area (Å²) >= 11 is 0. The van der Waals surface area contributed by atoms with E-state index in [0.29, 0.717) is 23.2 Å². The summed E-state index contributed by atoms with van der Waals surface area (Å²) in [5, 5.41) is 9.51. The fourth-order valence-electron chi connectivity index (χ4n) is 4.62. The van der Waals surface area contributed by atoms with Crippen LogP contribution in [0.2, 0.25) is 0 Å². The van der Waals surface area contributed by atoms with Crippen molar-refractivity contribution in [3.8, 4) is 28.8 Å². The molecule has 1 atom stereocenters. The van der Waals surface area contributed by atoms with Gasteiger partial charge in [-0.2, -0.15) is 5.10 Å². The maximum Gasteiger partial charge on any atom is 0.230 e. The molecule has 168 valence electrons. The predicted molar refractivity (Wildman–Crippen MR) is 128 cm³/mol. The average Bonchev–Trinajstić information content (AvgIpc) is 3.50. The molecule has 6 aromatic rings. The van der Waals surface area contributed by atoms with Crippen molar-refractivity contribution in [3.63, 3.8) is 0 Å². The van der Waals surface area contributed by atoms with Gasteiger partial charge in [0.05, 0.1) is 28.4 Å². The van der Waals surface area contributed by atoms with E-state index in [0.717, 1.165) is 33.6 Å². The lowest BCUT2D eigenvalue weighted by Crippen LogP contribution is -2.16. The molecular weight excluding hydrogens is 440 g/mol. The number of hydrogen-bond donors (Lipinski definition) is 0. The van der Waals surface area contributed by atoms with Gasteiger partial charge in [0, 0.05) is 30.4 Å². The van der Waals surface area contributed by atoms with Crippen molar-refractivity contribution in [2.24, 2.45) is 0 Å². The molecule has 0 saturated heterocycles. The molecular formula is C26H18N8O. The van der Waals surface area contributed by atoms with Gasteiger partial charge in [-0.3, -0.25) is 9.97 Å². The van der Waals surface area contributed by atoms with Crippen LogP contribution in [-0.4, -0.2) is 39.3 Å². The van der Waals surface area contributed by atoms with Crippen molar-refractivity contribution in [3.05, 3.63) is 108 Å². The number of hydrogen-bond acceptors (Lipinski definition) is 7. The zero-order valence-electron chi connectivity index (χ0n) is 18.6. The van der Waals surface area contributed by atoms with Crippen LogP contribution < -0.4 is 4.74 Å². The highest BCUT2D eigenvalue weighted by Gasteiger charge is 2.38. The lowest BCUT2D eigenvalue weighted by molar-refractivity contribution is 0.402. The van der Waals surface area contributed by atoms with E-state index in [-0.39, 0.29) is 5.92 Å². The molecule has 0 aliphatic carbocycles. The minimum absolute atomic E-state index is 0.234. The van der Waals surface area contributed by atoms with Gasteiger partial charge in [-0.25, -0.2) is 19.2 Å². The Hall–Kier alpha value is -4.92. The molecule has 0 unspecified atom stereocenters. The van der Waals surface area contributed by atoms with Gasteiger partial charge in [0.15, 0.2) is 11.5 Å². The number of aromatic nitrogens is 8. The van der Waals surface area contributed by atoms with Gasteiger partial charge < -0.3 is 4.74 Å². The first kappa shape index (κ1) is 19.5. The number of rotatable bonds is 3. The number of nitrogens with zero attached hydrogens (tertiary/aromatic N) is 8. The van der Waals surface area contributed by atoms with Crippen molar-refractivity contribution in [1.29, 1.82) is 0 Å². The van der Waals surface area contributed by atoms with Crippen LogP contribution in [0.3, 0.4) is 0 Å². The molecule has 0 spiro atoms. The van der Waals surface area contributed by atoms with E-state index in [9.17, 15) is 0 Å². The monoisotopic (exact) mass is 458 g/mol. The predicted octanol–water partition coefficient (Wildman–Crippen LogP) is 4.36. The first-order valence-corrected chi connectivity index (χ1v) is 11.2. The highest BCUT2D eigenvalue weighted by atomic mass is 16.5. The Labute approximate surface area is 199 Å². The summed E-state index contributed by atoms with van der Waals surface area (Å²) in [6, 6.07) is 17.7. The summed E-state index contributed by atoms with van der Waals surface area (Å²) < 4.78 is 9.95. The Morgan fingerprint density at radius 1 is 0.857 bits per heavy atom. The SMILES string of the molecule is Cc1nn(-c2ccccc2)c2c1[C@H](c1cccnc1)c1c(ncn3nc(-c4cccnc4)nc13)O2. The number of fused-ring (bicyclic) bond motifs is 4. The van der Waals surface area contributed by atoms with E-state index in [4.69, 9.17) is 14.8 Å². The smallest absolute Gasteiger partial charge is 0.230 e. The normalized spacial score (nSPS) is 14.4. The quantitative estimate of drug-likeness (QED) is 0.388. The van der Waals surface area contributed by atoms with Crippen molar-refractivity contribution < 1.29 is 4.74 Å². The molecule has 9 heteroatoms. The van der Waals surface area contributed by atoms with Crippen molar-refractivity contribution in [2.45, 2.75) is 12.8 Å². The molecule has 0 bridgehead atoms. The summed E-state index contributed by atoms with van der Waals surface area (Å²) in [6.45, 7) is 1.99. The minimum atomic E-state index is -0.234. The van der Waals surface area contributed by atoms with Crippen molar-refractivity contribution in [1.82, 2.24) is 39.3 Å². The Morgan fingerprint density at radius 3 is 2.46 bits per heavy atom. The second kappa shape index (κ2) is 7.56. The van der Waals surface area contributed by atoms with Crippen molar-refractivity contribution >= 4 is 5.65 Å². The second-order valence-corrected chi connectivity index (χ2v) is 8.28. The maximum absolute atomic E-state index is 6.43. The van der Waals surface area contributed by atoms with Crippen LogP contribution >= 0.6 is 0 Å². The van der Waals surface area contributed by atoms with Crippen LogP contribution in [-0.2, 0) is 0 Å². The Kier molecular flexibility index (Phi) is 4.22. The number of ether oxygens (including phenoxy) is 1. The topological polar surface area (TPSA) is 95.9 Å². The van der Waals surface area contributed by atoms with Gasteiger partial charge in [0.1, 0.15) is 6.33 Å². The van der Waals surface area contributed by atoms with E-state index in [1.807, 2.05) is 66.3 Å². The van der Waals surface area contributed by atoms with Gasteiger partial charge in [-0.15, -0.1) is 5.10 Å². The van der Waals surface area contributed by atoms with Gasteiger partial charge in [0.2, 0.25) is 11.8 Å². The fourth-order valence-corrected chi connectivity index (χ4v) is 4.62. The third-order valence-electron chi connectivity index (χ3n) is 6.16. The first-order valence-electron chi connectivity index (χ1n) is 11.2. The molecule has 0 radical (unpaired) electrons. The van der Waals surface area contributed by atoms with Crippen LogP contribution in [0, 0.1) is 6.92 Å². The van der Waals surface area contributed by atoms with Crippen LogP contribution in [0.4, 0.5) is 0 Å². The first-order chi connectivity index (χ1) is 17.3. The molecule has 0 saturated carbocycles. The lowest BCUT2D eigenvalue weighted by atomic mass is 9.85. The van der Waals surface area contributed by atoms with E-state index in [2.05, 4.69) is 26.1 Å². The Morgan fingerprint density at radius 2 is 1.69 bits per heavy atom. The molecule has 0 N–H and O–H groups in total. The molecule has 9 nitrogen and oxygen atoms in total. The second-order valence-electron chi connectivity index (χ2n) is 8.28. The van der Waals surface area contributed by atoms with E-state index in [1.54, 1.807) is 29.4 Å². The molecule has 1 aromatic carbocycles. The molecule has 1 aliphatic rings. The molecule has 6 heterocycles. The number of benzene rings is 1. The van der Waals surface area contributed by atoms with Gasteiger partial charge in [0.25, 0.3) is 0 Å². The van der Waals surface area contributed by atoms with Gasteiger partial charge >= 0.3 is 0 Å². The highest BCUT2D eigenvalue weighted by Crippen LogP contribution is 2.49.